The van der Waals surface area contributed by atoms with Crippen molar-refractivity contribution in [2.24, 2.45) is 5.92 Å². The molecule has 0 fully saturated rings. The Labute approximate surface area is 269 Å². The molecule has 0 heterocycles. The van der Waals surface area contributed by atoms with E-state index < -0.39 is 0 Å². The maximum atomic E-state index is 3.53. The molecule has 0 aliphatic heterocycles. The molecule has 0 amide bonds. The molecule has 2 atom stereocenters. The van der Waals surface area contributed by atoms with Gasteiger partial charge in [-0.3, -0.25) is 0 Å². The number of unbranched alkanes of at least 4 members (excludes halogenated alkanes) is 23. The van der Waals surface area contributed by atoms with E-state index in [1.54, 1.807) is 0 Å². The molecule has 0 radical (unpaired) electrons. The fraction of sp³-hybridized carbons (Fsp3) is 1.00. The number of hydrogen-bond acceptors (Lipinski definition) is 0. The Morgan fingerprint density at radius 2 is 0.590 bits per heavy atom. The summed E-state index contributed by atoms with van der Waals surface area (Å²) in [5.41, 5.74) is 0. The lowest BCUT2D eigenvalue weighted by molar-refractivity contribution is 0.269. The minimum atomic E-state index is 0. The summed E-state index contributed by atoms with van der Waals surface area (Å²) in [6.45, 7) is 9.36. The Bertz CT molecular complexity index is 423. The lowest BCUT2D eigenvalue weighted by Gasteiger charge is -2.39. The van der Waals surface area contributed by atoms with E-state index in [2.05, 4.69) is 36.9 Å². The summed E-state index contributed by atoms with van der Waals surface area (Å²) in [6, 6.07) is 0. The maximum Gasteiger partial charge on any atom is -0.0122 e. The molecule has 238 valence electrons. The lowest BCUT2D eigenvalue weighted by Crippen LogP contribution is -2.32. The summed E-state index contributed by atoms with van der Waals surface area (Å²) in [5, 5.41) is 0.515. The van der Waals surface area contributed by atoms with Gasteiger partial charge in [0.15, 0.2) is 0 Å². The van der Waals surface area contributed by atoms with Crippen LogP contribution in [0.25, 0.3) is 0 Å². The van der Waals surface area contributed by atoms with Crippen molar-refractivity contribution in [3.63, 3.8) is 0 Å². The first-order valence-corrected chi connectivity index (χ1v) is 19.0. The second-order valence-corrected chi connectivity index (χ2v) is 14.3. The second kappa shape index (κ2) is 33.7. The fourth-order valence-electron chi connectivity index (χ4n) is 6.59. The first-order chi connectivity index (χ1) is 18.6. The van der Waals surface area contributed by atoms with E-state index >= 15 is 0 Å². The molecule has 0 aliphatic carbocycles. The molecule has 2 unspecified atom stereocenters. The zero-order valence-electron chi connectivity index (χ0n) is 28.0. The molecule has 0 aromatic heterocycles. The summed E-state index contributed by atoms with van der Waals surface area (Å²) in [5.74, 6) is 0.939. The highest BCUT2D eigenvalue weighted by Crippen LogP contribution is 2.44. The van der Waals surface area contributed by atoms with Gasteiger partial charge in [-0.25, -0.2) is 0 Å². The van der Waals surface area contributed by atoms with E-state index in [4.69, 9.17) is 0 Å². The summed E-state index contributed by atoms with van der Waals surface area (Å²) >= 11 is 0. The number of hydrogen-bond donors (Lipinski definition) is 0. The normalized spacial score (nSPS) is 12.5. The first-order valence-electron chi connectivity index (χ1n) is 18.4. The predicted octanol–water partition coefficient (Wildman–Crippen LogP) is 15.0. The molecule has 0 nitrogen and oxygen atoms in total. The molecule has 0 bridgehead atoms. The van der Waals surface area contributed by atoms with Gasteiger partial charge in [0.2, 0.25) is 0 Å². The minimum absolute atomic E-state index is 0. The quantitative estimate of drug-likeness (QED) is 0.0377. The van der Waals surface area contributed by atoms with Gasteiger partial charge in [0.05, 0.1) is 0 Å². The summed E-state index contributed by atoms with van der Waals surface area (Å²) in [6.07, 6.45) is 45.1. The monoisotopic (exact) mass is 680 g/mol. The summed E-state index contributed by atoms with van der Waals surface area (Å²) in [7, 11) is 3.53. The van der Waals surface area contributed by atoms with Gasteiger partial charge >= 0.3 is 0 Å². The molecule has 2 heteroatoms. The summed E-state index contributed by atoms with van der Waals surface area (Å²) < 4.78 is 0. The third-order valence-electron chi connectivity index (χ3n) is 9.37. The van der Waals surface area contributed by atoms with E-state index in [-0.39, 0.29) is 24.0 Å². The molecule has 0 saturated carbocycles. The van der Waals surface area contributed by atoms with Crippen molar-refractivity contribution >= 4 is 33.2 Å². The zero-order valence-corrected chi connectivity index (χ0v) is 31.5. The maximum absolute atomic E-state index is 3.53. The van der Waals surface area contributed by atoms with Gasteiger partial charge in [0, 0.05) is 0 Å². The SMILES string of the molecule is CCCCCCCCCCCCCCC(CCCCCCC)C(P)(CCCCCCC)CCCCCCC.I. The van der Waals surface area contributed by atoms with Crippen LogP contribution in [0.15, 0.2) is 0 Å². The lowest BCUT2D eigenvalue weighted by atomic mass is 9.77. The van der Waals surface area contributed by atoms with Gasteiger partial charge in [0.1, 0.15) is 0 Å². The predicted molar refractivity (Wildman–Crippen MR) is 197 cm³/mol. The van der Waals surface area contributed by atoms with Crippen molar-refractivity contribution in [3.05, 3.63) is 0 Å². The van der Waals surface area contributed by atoms with Crippen molar-refractivity contribution in [2.75, 3.05) is 0 Å². The fourth-order valence-corrected chi connectivity index (χ4v) is 7.34. The number of rotatable bonds is 32. The molecule has 0 N–H and O–H groups in total. The zero-order chi connectivity index (χ0) is 28.0. The van der Waals surface area contributed by atoms with Crippen molar-refractivity contribution in [2.45, 2.75) is 232 Å². The van der Waals surface area contributed by atoms with E-state index in [1.807, 2.05) is 0 Å². The summed E-state index contributed by atoms with van der Waals surface area (Å²) in [4.78, 5) is 0. The van der Waals surface area contributed by atoms with Crippen LogP contribution in [0.2, 0.25) is 0 Å². The average Bonchev–Trinajstić information content (AvgIpc) is 2.92. The molecule has 0 aromatic carbocycles. The van der Waals surface area contributed by atoms with Crippen molar-refractivity contribution < 1.29 is 0 Å². The van der Waals surface area contributed by atoms with Gasteiger partial charge < -0.3 is 0 Å². The molecule has 0 saturated heterocycles. The van der Waals surface area contributed by atoms with Gasteiger partial charge in [-0.2, -0.15) is 0 Å². The Morgan fingerprint density at radius 3 is 0.872 bits per heavy atom. The topological polar surface area (TPSA) is 0 Å². The molecule has 39 heavy (non-hydrogen) atoms. The van der Waals surface area contributed by atoms with E-state index in [1.165, 1.54) is 199 Å². The van der Waals surface area contributed by atoms with Gasteiger partial charge in [-0.1, -0.05) is 201 Å². The van der Waals surface area contributed by atoms with Crippen LogP contribution >= 0.6 is 33.2 Å². The van der Waals surface area contributed by atoms with Crippen molar-refractivity contribution in [1.82, 2.24) is 0 Å². The molecular weight excluding hydrogens is 602 g/mol. The van der Waals surface area contributed by atoms with Crippen LogP contribution in [0, 0.1) is 5.92 Å². The highest BCUT2D eigenvalue weighted by atomic mass is 127. The molecule has 0 aliphatic rings. The largest absolute Gasteiger partial charge is 0.131 e. The van der Waals surface area contributed by atoms with Crippen LogP contribution in [0.5, 0.6) is 0 Å². The van der Waals surface area contributed by atoms with Crippen LogP contribution in [0.3, 0.4) is 0 Å². The van der Waals surface area contributed by atoms with Gasteiger partial charge in [-0.05, 0) is 36.8 Å². The van der Waals surface area contributed by atoms with E-state index in [0.29, 0.717) is 5.16 Å². The minimum Gasteiger partial charge on any atom is -0.131 e. The first kappa shape index (κ1) is 42.3. The van der Waals surface area contributed by atoms with Crippen molar-refractivity contribution in [1.29, 1.82) is 0 Å². The van der Waals surface area contributed by atoms with Gasteiger partial charge in [0.25, 0.3) is 0 Å². The number of halogens is 1. The van der Waals surface area contributed by atoms with Crippen molar-refractivity contribution in [3.8, 4) is 0 Å². The second-order valence-electron chi connectivity index (χ2n) is 13.1. The van der Waals surface area contributed by atoms with Crippen LogP contribution < -0.4 is 0 Å². The highest BCUT2D eigenvalue weighted by Gasteiger charge is 2.32. The van der Waals surface area contributed by atoms with Crippen LogP contribution in [-0.4, -0.2) is 5.16 Å². The van der Waals surface area contributed by atoms with E-state index in [0.717, 1.165) is 5.92 Å². The van der Waals surface area contributed by atoms with Crippen LogP contribution in [0.1, 0.15) is 227 Å². The van der Waals surface area contributed by atoms with Crippen LogP contribution in [-0.2, 0) is 0 Å². The highest BCUT2D eigenvalue weighted by molar-refractivity contribution is 14.0. The average molecular weight is 681 g/mol. The smallest absolute Gasteiger partial charge is 0.0122 e. The third kappa shape index (κ3) is 27.7. The van der Waals surface area contributed by atoms with Gasteiger partial charge in [-0.15, -0.1) is 33.2 Å². The van der Waals surface area contributed by atoms with Crippen LogP contribution in [0.4, 0.5) is 0 Å². The standard InChI is InChI=1S/C37H77P.HI/c1-5-9-13-17-18-19-20-21-22-23-25-29-33-36(32-28-24-14-10-6-2)37(38,34-30-26-15-11-7-3)35-31-27-16-12-8-4;/h36H,5-35,38H2,1-4H3;1H. The Morgan fingerprint density at radius 1 is 0.359 bits per heavy atom. The molecule has 0 spiro atoms. The Kier molecular flexibility index (Phi) is 36.5. The Balaban J connectivity index is 0. The van der Waals surface area contributed by atoms with E-state index in [9.17, 15) is 0 Å². The third-order valence-corrected chi connectivity index (χ3v) is 10.4. The molecular formula is C37H78IP. The molecule has 0 aromatic rings. The molecule has 0 rings (SSSR count). The Hall–Kier alpha value is 1.16.